The van der Waals surface area contributed by atoms with Crippen molar-refractivity contribution in [3.8, 4) is 0 Å². The lowest BCUT2D eigenvalue weighted by atomic mass is 10.3. The molecule has 1 aromatic rings. The van der Waals surface area contributed by atoms with E-state index in [0.717, 1.165) is 24.6 Å². The van der Waals surface area contributed by atoms with E-state index in [2.05, 4.69) is 9.88 Å². The van der Waals surface area contributed by atoms with E-state index >= 15 is 0 Å². The standard InChI is InChI=1S/C12H21N3O2/c1-10-4-5-11(13)12(14-10)15(6-8-16-2)7-9-17-3/h4-5H,6-9,13H2,1-3H3. The van der Waals surface area contributed by atoms with E-state index in [1.807, 2.05) is 19.1 Å². The fraction of sp³-hybridized carbons (Fsp3) is 0.583. The number of nitrogens with two attached hydrogens (primary N) is 1. The van der Waals surface area contributed by atoms with Crippen LogP contribution in [0.15, 0.2) is 12.1 Å². The Bertz CT molecular complexity index is 337. The summed E-state index contributed by atoms with van der Waals surface area (Å²) in [6, 6.07) is 3.79. The Kier molecular flexibility index (Phi) is 5.72. The van der Waals surface area contributed by atoms with Gasteiger partial charge in [-0.05, 0) is 19.1 Å². The number of ether oxygens (including phenoxy) is 2. The summed E-state index contributed by atoms with van der Waals surface area (Å²) in [5.41, 5.74) is 7.58. The van der Waals surface area contributed by atoms with E-state index in [-0.39, 0.29) is 0 Å². The average molecular weight is 239 g/mol. The predicted molar refractivity (Wildman–Crippen MR) is 69.4 cm³/mol. The molecule has 0 radical (unpaired) electrons. The van der Waals surface area contributed by atoms with Crippen LogP contribution in [-0.4, -0.2) is 45.5 Å². The monoisotopic (exact) mass is 239 g/mol. The number of nitrogen functional groups attached to an aromatic ring is 1. The highest BCUT2D eigenvalue weighted by Crippen LogP contribution is 2.20. The van der Waals surface area contributed by atoms with E-state index in [1.54, 1.807) is 14.2 Å². The van der Waals surface area contributed by atoms with Gasteiger partial charge >= 0.3 is 0 Å². The van der Waals surface area contributed by atoms with Crippen molar-refractivity contribution in [1.29, 1.82) is 0 Å². The summed E-state index contributed by atoms with van der Waals surface area (Å²) in [6.07, 6.45) is 0. The lowest BCUT2D eigenvalue weighted by molar-refractivity contribution is 0.190. The molecule has 0 aliphatic carbocycles. The highest BCUT2D eigenvalue weighted by molar-refractivity contribution is 5.62. The van der Waals surface area contributed by atoms with Crippen molar-refractivity contribution in [3.05, 3.63) is 17.8 Å². The number of nitrogens with zero attached hydrogens (tertiary/aromatic N) is 2. The van der Waals surface area contributed by atoms with Gasteiger partial charge in [-0.2, -0.15) is 0 Å². The maximum Gasteiger partial charge on any atom is 0.152 e. The van der Waals surface area contributed by atoms with Gasteiger partial charge in [0.05, 0.1) is 18.9 Å². The lowest BCUT2D eigenvalue weighted by Gasteiger charge is -2.24. The third kappa shape index (κ3) is 4.20. The minimum absolute atomic E-state index is 0.638. The fourth-order valence-corrected chi connectivity index (χ4v) is 1.53. The highest BCUT2D eigenvalue weighted by atomic mass is 16.5. The molecule has 5 heteroatoms. The fourth-order valence-electron chi connectivity index (χ4n) is 1.53. The predicted octanol–water partition coefficient (Wildman–Crippen LogP) is 1.07. The Hall–Kier alpha value is -1.33. The number of hydrogen-bond acceptors (Lipinski definition) is 5. The molecule has 0 aliphatic rings. The first-order valence-corrected chi connectivity index (χ1v) is 5.65. The zero-order chi connectivity index (χ0) is 12.7. The van der Waals surface area contributed by atoms with E-state index in [9.17, 15) is 0 Å². The Labute approximate surface area is 103 Å². The van der Waals surface area contributed by atoms with Crippen molar-refractivity contribution in [3.63, 3.8) is 0 Å². The third-order valence-corrected chi connectivity index (χ3v) is 2.47. The van der Waals surface area contributed by atoms with Gasteiger partial charge in [0.2, 0.25) is 0 Å². The van der Waals surface area contributed by atoms with Crippen LogP contribution in [0.2, 0.25) is 0 Å². The molecule has 0 unspecified atom stereocenters. The van der Waals surface area contributed by atoms with E-state index in [4.69, 9.17) is 15.2 Å². The minimum Gasteiger partial charge on any atom is -0.396 e. The van der Waals surface area contributed by atoms with Crippen molar-refractivity contribution in [2.45, 2.75) is 6.92 Å². The summed E-state index contributed by atoms with van der Waals surface area (Å²) >= 11 is 0. The number of pyridine rings is 1. The van der Waals surface area contributed by atoms with Crippen LogP contribution in [0, 0.1) is 6.92 Å². The first kappa shape index (κ1) is 13.7. The van der Waals surface area contributed by atoms with Gasteiger partial charge in [-0.15, -0.1) is 0 Å². The van der Waals surface area contributed by atoms with Gasteiger partial charge in [-0.1, -0.05) is 0 Å². The van der Waals surface area contributed by atoms with Crippen LogP contribution < -0.4 is 10.6 Å². The molecule has 1 heterocycles. The van der Waals surface area contributed by atoms with Gasteiger partial charge in [-0.3, -0.25) is 0 Å². The van der Waals surface area contributed by atoms with Crippen LogP contribution in [0.25, 0.3) is 0 Å². The summed E-state index contributed by atoms with van der Waals surface area (Å²) in [5.74, 6) is 0.805. The van der Waals surface area contributed by atoms with Crippen LogP contribution in [0.1, 0.15) is 5.69 Å². The summed E-state index contributed by atoms with van der Waals surface area (Å²) < 4.78 is 10.2. The topological polar surface area (TPSA) is 60.6 Å². The molecule has 0 aromatic carbocycles. The second-order valence-corrected chi connectivity index (χ2v) is 3.84. The lowest BCUT2D eigenvalue weighted by Crippen LogP contribution is -2.32. The molecule has 96 valence electrons. The van der Waals surface area contributed by atoms with E-state index in [1.165, 1.54) is 0 Å². The number of hydrogen-bond donors (Lipinski definition) is 1. The van der Waals surface area contributed by atoms with Crippen molar-refractivity contribution in [1.82, 2.24) is 4.98 Å². The van der Waals surface area contributed by atoms with Crippen LogP contribution in [0.4, 0.5) is 11.5 Å². The highest BCUT2D eigenvalue weighted by Gasteiger charge is 2.11. The number of aromatic nitrogens is 1. The Morgan fingerprint density at radius 3 is 2.29 bits per heavy atom. The molecule has 1 rings (SSSR count). The maximum absolute atomic E-state index is 5.95. The summed E-state index contributed by atoms with van der Waals surface area (Å²) in [4.78, 5) is 6.55. The third-order valence-electron chi connectivity index (χ3n) is 2.47. The zero-order valence-corrected chi connectivity index (χ0v) is 10.8. The molecular formula is C12H21N3O2. The molecule has 2 N–H and O–H groups in total. The van der Waals surface area contributed by atoms with Gasteiger partial charge < -0.3 is 20.1 Å². The molecule has 0 fully saturated rings. The van der Waals surface area contributed by atoms with Crippen LogP contribution in [0.3, 0.4) is 0 Å². The molecular weight excluding hydrogens is 218 g/mol. The number of methoxy groups -OCH3 is 2. The molecule has 0 atom stereocenters. The second kappa shape index (κ2) is 7.09. The number of rotatable bonds is 7. The van der Waals surface area contributed by atoms with Crippen molar-refractivity contribution in [2.75, 3.05) is 51.2 Å². The molecule has 0 amide bonds. The van der Waals surface area contributed by atoms with Gasteiger partial charge in [0, 0.05) is 33.0 Å². The first-order valence-electron chi connectivity index (χ1n) is 5.65. The van der Waals surface area contributed by atoms with Crippen molar-refractivity contribution in [2.24, 2.45) is 0 Å². The minimum atomic E-state index is 0.638. The molecule has 0 saturated heterocycles. The quantitative estimate of drug-likeness (QED) is 0.771. The largest absolute Gasteiger partial charge is 0.396 e. The zero-order valence-electron chi connectivity index (χ0n) is 10.8. The molecule has 5 nitrogen and oxygen atoms in total. The molecule has 0 spiro atoms. The normalized spacial score (nSPS) is 10.5. The van der Waals surface area contributed by atoms with Crippen LogP contribution >= 0.6 is 0 Å². The van der Waals surface area contributed by atoms with Crippen molar-refractivity contribution < 1.29 is 9.47 Å². The maximum atomic E-state index is 5.95. The van der Waals surface area contributed by atoms with Crippen molar-refractivity contribution >= 4 is 11.5 Å². The second-order valence-electron chi connectivity index (χ2n) is 3.84. The van der Waals surface area contributed by atoms with Gasteiger partial charge in [0.1, 0.15) is 0 Å². The number of anilines is 2. The van der Waals surface area contributed by atoms with Crippen LogP contribution in [-0.2, 0) is 9.47 Å². The Morgan fingerprint density at radius 1 is 1.18 bits per heavy atom. The van der Waals surface area contributed by atoms with Gasteiger partial charge in [0.15, 0.2) is 5.82 Å². The van der Waals surface area contributed by atoms with E-state index < -0.39 is 0 Å². The van der Waals surface area contributed by atoms with E-state index in [0.29, 0.717) is 18.9 Å². The number of aryl methyl sites for hydroxylation is 1. The molecule has 17 heavy (non-hydrogen) atoms. The average Bonchev–Trinajstić information content (AvgIpc) is 2.33. The van der Waals surface area contributed by atoms with Crippen LogP contribution in [0.5, 0.6) is 0 Å². The molecule has 0 bridgehead atoms. The van der Waals surface area contributed by atoms with Gasteiger partial charge in [0.25, 0.3) is 0 Å². The molecule has 0 aliphatic heterocycles. The molecule has 0 saturated carbocycles. The smallest absolute Gasteiger partial charge is 0.152 e. The summed E-state index contributed by atoms with van der Waals surface area (Å²) in [7, 11) is 3.36. The molecule has 1 aromatic heterocycles. The first-order chi connectivity index (χ1) is 8.19. The SMILES string of the molecule is COCCN(CCOC)c1nc(C)ccc1N. The summed E-state index contributed by atoms with van der Waals surface area (Å²) in [5, 5.41) is 0. The Balaban J connectivity index is 2.82. The van der Waals surface area contributed by atoms with Gasteiger partial charge in [-0.25, -0.2) is 4.98 Å². The Morgan fingerprint density at radius 2 is 1.76 bits per heavy atom. The summed E-state index contributed by atoms with van der Waals surface area (Å²) in [6.45, 7) is 4.73.